The fourth-order valence-corrected chi connectivity index (χ4v) is 2.15. The van der Waals surface area contributed by atoms with Crippen LogP contribution in [0.15, 0.2) is 23.6 Å². The molecular weight excluding hydrogens is 345 g/mol. The molecule has 0 saturated heterocycles. The molecule has 0 unspecified atom stereocenters. The van der Waals surface area contributed by atoms with E-state index < -0.39 is 0 Å². The Morgan fingerprint density at radius 1 is 1.50 bits per heavy atom. The number of hydrogen-bond acceptors (Lipinski definition) is 4. The first-order valence-electron chi connectivity index (χ1n) is 5.19. The Bertz CT molecular complexity index is 620. The molecule has 0 bridgehead atoms. The second-order valence-corrected chi connectivity index (χ2v) is 5.11. The van der Waals surface area contributed by atoms with Gasteiger partial charge in [0.2, 0.25) is 0 Å². The summed E-state index contributed by atoms with van der Waals surface area (Å²) in [6, 6.07) is 1.88. The van der Waals surface area contributed by atoms with E-state index in [4.69, 9.17) is 10.9 Å². The summed E-state index contributed by atoms with van der Waals surface area (Å²) >= 11 is 2.16. The van der Waals surface area contributed by atoms with Crippen molar-refractivity contribution in [1.82, 2.24) is 14.8 Å². The van der Waals surface area contributed by atoms with Gasteiger partial charge in [-0.3, -0.25) is 0 Å². The van der Waals surface area contributed by atoms with Crippen LogP contribution in [0.4, 0.5) is 0 Å². The number of aryl methyl sites for hydroxylation is 2. The topological polar surface area (TPSA) is 89.3 Å². The summed E-state index contributed by atoms with van der Waals surface area (Å²) in [6.07, 6.45) is 3.55. The largest absolute Gasteiger partial charge is 0.409 e. The molecule has 2 aromatic heterocycles. The lowest BCUT2D eigenvalue weighted by atomic mass is 10.1. The van der Waals surface area contributed by atoms with Gasteiger partial charge in [-0.25, -0.2) is 9.67 Å². The highest BCUT2D eigenvalue weighted by Gasteiger charge is 2.15. The normalized spacial score (nSPS) is 11.8. The van der Waals surface area contributed by atoms with E-state index >= 15 is 0 Å². The smallest absolute Gasteiger partial charge is 0.174 e. The first-order valence-corrected chi connectivity index (χ1v) is 6.27. The quantitative estimate of drug-likeness (QED) is 0.281. The third kappa shape index (κ3) is 2.30. The number of nitrogens with two attached hydrogens (primary N) is 1. The van der Waals surface area contributed by atoms with Crippen LogP contribution in [0.25, 0.3) is 5.82 Å². The molecular formula is C11H12IN5O. The average molecular weight is 357 g/mol. The van der Waals surface area contributed by atoms with E-state index in [-0.39, 0.29) is 5.84 Å². The molecule has 0 radical (unpaired) electrons. The molecule has 6 nitrogen and oxygen atoms in total. The van der Waals surface area contributed by atoms with Crippen molar-refractivity contribution in [2.75, 3.05) is 0 Å². The second-order valence-electron chi connectivity index (χ2n) is 3.87. The maximum atomic E-state index is 8.86. The van der Waals surface area contributed by atoms with Gasteiger partial charge in [0.1, 0.15) is 0 Å². The zero-order chi connectivity index (χ0) is 13.3. The number of hydrogen-bond donors (Lipinski definition) is 2. The lowest BCUT2D eigenvalue weighted by molar-refractivity contribution is 0.318. The summed E-state index contributed by atoms with van der Waals surface area (Å²) in [6.45, 7) is 3.78. The number of pyridine rings is 1. The summed E-state index contributed by atoms with van der Waals surface area (Å²) in [5, 5.41) is 16.1. The van der Waals surface area contributed by atoms with Gasteiger partial charge in [-0.05, 0) is 48.1 Å². The molecule has 0 fully saturated rings. The van der Waals surface area contributed by atoms with Crippen LogP contribution in [0.5, 0.6) is 0 Å². The molecule has 0 spiro atoms. The molecule has 0 saturated carbocycles. The van der Waals surface area contributed by atoms with Crippen molar-refractivity contribution in [3.63, 3.8) is 0 Å². The first-order chi connectivity index (χ1) is 8.52. The molecule has 3 N–H and O–H groups in total. The number of oxime groups is 1. The van der Waals surface area contributed by atoms with E-state index in [1.54, 1.807) is 10.9 Å². The Morgan fingerprint density at radius 2 is 2.22 bits per heavy atom. The van der Waals surface area contributed by atoms with Crippen LogP contribution >= 0.6 is 22.6 Å². The molecule has 2 aromatic rings. The Kier molecular flexibility index (Phi) is 3.50. The van der Waals surface area contributed by atoms with Crippen molar-refractivity contribution in [3.8, 4) is 5.82 Å². The van der Waals surface area contributed by atoms with Crippen LogP contribution in [0, 0.1) is 17.4 Å². The fraction of sp³-hybridized carbons (Fsp3) is 0.182. The van der Waals surface area contributed by atoms with Crippen LogP contribution in [0.3, 0.4) is 0 Å². The Morgan fingerprint density at radius 3 is 2.78 bits per heavy atom. The van der Waals surface area contributed by atoms with Crippen LogP contribution in [0.2, 0.25) is 0 Å². The third-order valence-electron chi connectivity index (χ3n) is 2.46. The Labute approximate surface area is 118 Å². The van der Waals surface area contributed by atoms with Crippen molar-refractivity contribution in [3.05, 3.63) is 38.9 Å². The highest BCUT2D eigenvalue weighted by atomic mass is 127. The first kappa shape index (κ1) is 12.8. The predicted octanol–water partition coefficient (Wildman–Crippen LogP) is 1.58. The summed E-state index contributed by atoms with van der Waals surface area (Å²) in [5.74, 6) is 0.589. The predicted molar refractivity (Wildman–Crippen MR) is 76.1 cm³/mol. The van der Waals surface area contributed by atoms with Crippen LogP contribution < -0.4 is 5.73 Å². The molecule has 0 aliphatic carbocycles. The fourth-order valence-electron chi connectivity index (χ4n) is 1.77. The molecule has 0 amide bonds. The van der Waals surface area contributed by atoms with Crippen LogP contribution in [0.1, 0.15) is 16.8 Å². The summed E-state index contributed by atoms with van der Waals surface area (Å²) in [7, 11) is 0. The number of aromatic nitrogens is 3. The van der Waals surface area contributed by atoms with Gasteiger partial charge in [-0.2, -0.15) is 5.10 Å². The summed E-state index contributed by atoms with van der Waals surface area (Å²) < 4.78 is 2.61. The van der Waals surface area contributed by atoms with Gasteiger partial charge >= 0.3 is 0 Å². The Balaban J connectivity index is 2.72. The average Bonchev–Trinajstić information content (AvgIpc) is 2.74. The molecule has 7 heteroatoms. The molecule has 18 heavy (non-hydrogen) atoms. The number of amidine groups is 1. The molecule has 0 aliphatic rings. The van der Waals surface area contributed by atoms with Crippen molar-refractivity contribution in [2.45, 2.75) is 13.8 Å². The van der Waals surface area contributed by atoms with Crippen LogP contribution in [-0.4, -0.2) is 25.8 Å². The summed E-state index contributed by atoms with van der Waals surface area (Å²) in [4.78, 5) is 4.41. The third-order valence-corrected chi connectivity index (χ3v) is 3.01. The van der Waals surface area contributed by atoms with Gasteiger partial charge in [-0.15, -0.1) is 0 Å². The lowest BCUT2D eigenvalue weighted by Crippen LogP contribution is -2.19. The van der Waals surface area contributed by atoms with E-state index in [0.717, 1.165) is 14.8 Å². The zero-order valence-electron chi connectivity index (χ0n) is 9.92. The van der Waals surface area contributed by atoms with Gasteiger partial charge in [0.25, 0.3) is 0 Å². The SMILES string of the molecule is Cc1cc(C)c(C(N)=NO)c(-n2cc(I)cn2)n1. The van der Waals surface area contributed by atoms with E-state index in [9.17, 15) is 0 Å². The van der Waals surface area contributed by atoms with Gasteiger partial charge in [-0.1, -0.05) is 5.16 Å². The van der Waals surface area contributed by atoms with E-state index in [1.807, 2.05) is 26.1 Å². The van der Waals surface area contributed by atoms with Crippen molar-refractivity contribution in [2.24, 2.45) is 10.9 Å². The van der Waals surface area contributed by atoms with Crippen LogP contribution in [-0.2, 0) is 0 Å². The molecule has 2 heterocycles. The van der Waals surface area contributed by atoms with E-state index in [1.165, 1.54) is 0 Å². The Hall–Kier alpha value is -1.64. The molecule has 0 aliphatic heterocycles. The summed E-state index contributed by atoms with van der Waals surface area (Å²) in [5.41, 5.74) is 8.03. The van der Waals surface area contributed by atoms with Crippen molar-refractivity contribution < 1.29 is 5.21 Å². The van der Waals surface area contributed by atoms with Gasteiger partial charge < -0.3 is 10.9 Å². The van der Waals surface area contributed by atoms with Crippen molar-refractivity contribution in [1.29, 1.82) is 0 Å². The molecule has 0 atom stereocenters. The van der Waals surface area contributed by atoms with Gasteiger partial charge in [0.05, 0.1) is 15.3 Å². The minimum absolute atomic E-state index is 0.0282. The van der Waals surface area contributed by atoms with Gasteiger partial charge in [0.15, 0.2) is 11.7 Å². The minimum atomic E-state index is 0.0282. The number of rotatable bonds is 2. The molecule has 0 aromatic carbocycles. The molecule has 2 rings (SSSR count). The van der Waals surface area contributed by atoms with E-state index in [2.05, 4.69) is 37.8 Å². The lowest BCUT2D eigenvalue weighted by Gasteiger charge is -2.11. The molecule has 94 valence electrons. The maximum Gasteiger partial charge on any atom is 0.174 e. The number of halogens is 1. The van der Waals surface area contributed by atoms with Crippen molar-refractivity contribution >= 4 is 28.4 Å². The maximum absolute atomic E-state index is 8.86. The highest BCUT2D eigenvalue weighted by molar-refractivity contribution is 14.1. The second kappa shape index (κ2) is 4.92. The standard InChI is InChI=1S/C11H12IN5O/c1-6-3-7(2)15-11(9(6)10(13)16-18)17-5-8(12)4-14-17/h3-5,18H,1-2H3,(H2,13,16). The monoisotopic (exact) mass is 357 g/mol. The van der Waals surface area contributed by atoms with Gasteiger partial charge in [0, 0.05) is 11.9 Å². The van der Waals surface area contributed by atoms with E-state index in [0.29, 0.717) is 11.4 Å². The highest BCUT2D eigenvalue weighted by Crippen LogP contribution is 2.18. The zero-order valence-corrected chi connectivity index (χ0v) is 12.1. The minimum Gasteiger partial charge on any atom is -0.409 e. The number of nitrogens with zero attached hydrogens (tertiary/aromatic N) is 4.